The van der Waals surface area contributed by atoms with Gasteiger partial charge in [0.05, 0.1) is 13.2 Å². The summed E-state index contributed by atoms with van der Waals surface area (Å²) in [7, 11) is 0. The smallest absolute Gasteiger partial charge is 0.224 e. The molecule has 0 aromatic heterocycles. The normalized spacial score (nSPS) is 14.9. The molecule has 0 unspecified atom stereocenters. The number of ether oxygens (including phenoxy) is 1. The van der Waals surface area contributed by atoms with Gasteiger partial charge in [0.1, 0.15) is 0 Å². The van der Waals surface area contributed by atoms with Gasteiger partial charge in [-0.2, -0.15) is 0 Å². The maximum atomic E-state index is 12.0. The topological polar surface area (TPSA) is 58.6 Å². The fourth-order valence-electron chi connectivity index (χ4n) is 2.29. The first-order valence-electron chi connectivity index (χ1n) is 7.29. The Morgan fingerprint density at radius 1 is 1.19 bits per heavy atom. The van der Waals surface area contributed by atoms with Crippen LogP contribution in [0.5, 0.6) is 0 Å². The lowest BCUT2D eigenvalue weighted by Crippen LogP contribution is -2.40. The van der Waals surface area contributed by atoms with Crippen molar-refractivity contribution < 1.29 is 14.3 Å². The highest BCUT2D eigenvalue weighted by Gasteiger charge is 2.17. The molecule has 1 aromatic carbocycles. The first kappa shape index (κ1) is 15.5. The Bertz CT molecular complexity index is 522. The van der Waals surface area contributed by atoms with Crippen molar-refractivity contribution in [2.45, 2.75) is 26.7 Å². The predicted molar refractivity (Wildman–Crippen MR) is 81.2 cm³/mol. The van der Waals surface area contributed by atoms with Crippen LogP contribution in [0, 0.1) is 13.8 Å². The number of nitrogens with one attached hydrogen (secondary N) is 1. The van der Waals surface area contributed by atoms with E-state index in [2.05, 4.69) is 5.32 Å². The molecule has 5 nitrogen and oxygen atoms in total. The quantitative estimate of drug-likeness (QED) is 0.921. The van der Waals surface area contributed by atoms with Crippen molar-refractivity contribution in [2.24, 2.45) is 0 Å². The van der Waals surface area contributed by atoms with Crippen molar-refractivity contribution in [2.75, 3.05) is 31.6 Å². The second kappa shape index (κ2) is 7.22. The number of benzene rings is 1. The van der Waals surface area contributed by atoms with Gasteiger partial charge in [-0.25, -0.2) is 0 Å². The van der Waals surface area contributed by atoms with Crippen LogP contribution in [0.3, 0.4) is 0 Å². The minimum Gasteiger partial charge on any atom is -0.378 e. The maximum Gasteiger partial charge on any atom is 0.224 e. The van der Waals surface area contributed by atoms with E-state index in [1.54, 1.807) is 4.90 Å². The number of carbonyl (C=O) groups is 2. The van der Waals surface area contributed by atoms with Gasteiger partial charge in [0.2, 0.25) is 11.8 Å². The van der Waals surface area contributed by atoms with Gasteiger partial charge in [0.15, 0.2) is 0 Å². The average Bonchev–Trinajstić information content (AvgIpc) is 2.50. The minimum absolute atomic E-state index is 0.0226. The van der Waals surface area contributed by atoms with Crippen LogP contribution in [0.2, 0.25) is 0 Å². The Kier molecular flexibility index (Phi) is 5.33. The molecule has 5 heteroatoms. The van der Waals surface area contributed by atoms with E-state index in [1.165, 1.54) is 0 Å². The van der Waals surface area contributed by atoms with E-state index in [9.17, 15) is 9.59 Å². The van der Waals surface area contributed by atoms with E-state index in [-0.39, 0.29) is 24.7 Å². The summed E-state index contributed by atoms with van der Waals surface area (Å²) in [6.07, 6.45) is 0.459. The number of hydrogen-bond donors (Lipinski definition) is 1. The summed E-state index contributed by atoms with van der Waals surface area (Å²) >= 11 is 0. The fourth-order valence-corrected chi connectivity index (χ4v) is 2.29. The highest BCUT2D eigenvalue weighted by atomic mass is 16.5. The lowest BCUT2D eigenvalue weighted by Gasteiger charge is -2.26. The van der Waals surface area contributed by atoms with E-state index in [0.29, 0.717) is 26.3 Å². The highest BCUT2D eigenvalue weighted by molar-refractivity contribution is 5.94. The van der Waals surface area contributed by atoms with E-state index in [4.69, 9.17) is 4.74 Å². The number of anilines is 1. The van der Waals surface area contributed by atoms with Crippen LogP contribution in [0.25, 0.3) is 0 Å². The molecule has 1 N–H and O–H groups in total. The van der Waals surface area contributed by atoms with Gasteiger partial charge in [-0.3, -0.25) is 9.59 Å². The third-order valence-corrected chi connectivity index (χ3v) is 3.81. The Balaban J connectivity index is 1.81. The molecule has 2 rings (SSSR count). The number of rotatable bonds is 4. The van der Waals surface area contributed by atoms with Crippen LogP contribution < -0.4 is 5.32 Å². The number of carbonyl (C=O) groups excluding carboxylic acids is 2. The van der Waals surface area contributed by atoms with Crippen LogP contribution in [0.1, 0.15) is 24.0 Å². The minimum atomic E-state index is -0.120. The number of hydrogen-bond acceptors (Lipinski definition) is 3. The van der Waals surface area contributed by atoms with Gasteiger partial charge in [-0.05, 0) is 31.0 Å². The van der Waals surface area contributed by atoms with Crippen molar-refractivity contribution in [3.63, 3.8) is 0 Å². The molecule has 114 valence electrons. The summed E-state index contributed by atoms with van der Waals surface area (Å²) in [5, 5.41) is 2.87. The zero-order valence-electron chi connectivity index (χ0n) is 12.6. The molecular weight excluding hydrogens is 268 g/mol. The Morgan fingerprint density at radius 3 is 2.62 bits per heavy atom. The van der Waals surface area contributed by atoms with Crippen LogP contribution in [0.4, 0.5) is 5.69 Å². The third-order valence-electron chi connectivity index (χ3n) is 3.81. The molecule has 0 atom stereocenters. The summed E-state index contributed by atoms with van der Waals surface area (Å²) in [6.45, 7) is 6.40. The van der Waals surface area contributed by atoms with Crippen LogP contribution in [-0.4, -0.2) is 43.0 Å². The van der Waals surface area contributed by atoms with Crippen LogP contribution in [-0.2, 0) is 14.3 Å². The van der Waals surface area contributed by atoms with Crippen LogP contribution >= 0.6 is 0 Å². The summed E-state index contributed by atoms with van der Waals surface area (Å²) in [6, 6.07) is 5.80. The largest absolute Gasteiger partial charge is 0.378 e. The molecule has 1 aromatic rings. The van der Waals surface area contributed by atoms with Crippen molar-refractivity contribution in [1.29, 1.82) is 0 Å². The fraction of sp³-hybridized carbons (Fsp3) is 0.500. The zero-order valence-corrected chi connectivity index (χ0v) is 12.6. The number of amides is 2. The van der Waals surface area contributed by atoms with Gasteiger partial charge < -0.3 is 15.0 Å². The van der Waals surface area contributed by atoms with Gasteiger partial charge in [-0.15, -0.1) is 0 Å². The highest BCUT2D eigenvalue weighted by Crippen LogP contribution is 2.18. The third kappa shape index (κ3) is 4.29. The number of aryl methyl sites for hydroxylation is 1. The molecule has 0 bridgehead atoms. The standard InChI is InChI=1S/C16H22N2O3/c1-12-4-3-5-14(13(12)2)17-15(19)6-7-16(20)18-8-10-21-11-9-18/h3-5H,6-11H2,1-2H3,(H,17,19). The molecule has 1 aliphatic heterocycles. The maximum absolute atomic E-state index is 12.0. The monoisotopic (exact) mass is 290 g/mol. The molecule has 2 amide bonds. The van der Waals surface area contributed by atoms with Crippen LogP contribution in [0.15, 0.2) is 18.2 Å². The SMILES string of the molecule is Cc1cccc(NC(=O)CCC(=O)N2CCOCC2)c1C. The summed E-state index contributed by atoms with van der Waals surface area (Å²) in [5.74, 6) is -0.0975. The predicted octanol–water partition coefficient (Wildman–Crippen LogP) is 1.88. The molecule has 1 saturated heterocycles. The molecule has 0 saturated carbocycles. The second-order valence-corrected chi connectivity index (χ2v) is 5.29. The Labute approximate surface area is 125 Å². The van der Waals surface area contributed by atoms with Gasteiger partial charge in [0.25, 0.3) is 0 Å². The lowest BCUT2D eigenvalue weighted by molar-refractivity contribution is -0.136. The summed E-state index contributed by atoms with van der Waals surface area (Å²) in [4.78, 5) is 25.7. The van der Waals surface area contributed by atoms with E-state index in [1.807, 2.05) is 32.0 Å². The molecule has 1 heterocycles. The number of morpholine rings is 1. The summed E-state index contributed by atoms with van der Waals surface area (Å²) in [5.41, 5.74) is 3.02. The molecule has 0 radical (unpaired) electrons. The van der Waals surface area contributed by atoms with Gasteiger partial charge in [-0.1, -0.05) is 12.1 Å². The Hall–Kier alpha value is -1.88. The molecule has 21 heavy (non-hydrogen) atoms. The van der Waals surface area contributed by atoms with E-state index < -0.39 is 0 Å². The van der Waals surface area contributed by atoms with Gasteiger partial charge in [0, 0.05) is 31.6 Å². The van der Waals surface area contributed by atoms with E-state index in [0.717, 1.165) is 16.8 Å². The van der Waals surface area contributed by atoms with Crippen molar-refractivity contribution >= 4 is 17.5 Å². The molecular formula is C16H22N2O3. The number of nitrogens with zero attached hydrogens (tertiary/aromatic N) is 1. The van der Waals surface area contributed by atoms with Crippen molar-refractivity contribution in [3.8, 4) is 0 Å². The average molecular weight is 290 g/mol. The first-order valence-corrected chi connectivity index (χ1v) is 7.29. The second-order valence-electron chi connectivity index (χ2n) is 5.29. The summed E-state index contributed by atoms with van der Waals surface area (Å²) < 4.78 is 5.21. The van der Waals surface area contributed by atoms with Gasteiger partial charge >= 0.3 is 0 Å². The van der Waals surface area contributed by atoms with Crippen molar-refractivity contribution in [1.82, 2.24) is 4.90 Å². The molecule has 0 spiro atoms. The van der Waals surface area contributed by atoms with Crippen molar-refractivity contribution in [3.05, 3.63) is 29.3 Å². The molecule has 0 aliphatic carbocycles. The first-order chi connectivity index (χ1) is 10.1. The molecule has 1 fully saturated rings. The molecule has 1 aliphatic rings. The zero-order chi connectivity index (χ0) is 15.2. The lowest BCUT2D eigenvalue weighted by atomic mass is 10.1. The van der Waals surface area contributed by atoms with E-state index >= 15 is 0 Å². The Morgan fingerprint density at radius 2 is 1.90 bits per heavy atom.